The number of hydrogen-bond donors (Lipinski definition) is 2. The molecule has 2 aromatic heterocycles. The van der Waals surface area contributed by atoms with Crippen molar-refractivity contribution in [1.29, 1.82) is 0 Å². The summed E-state index contributed by atoms with van der Waals surface area (Å²) in [5.74, 6) is 0.0538. The van der Waals surface area contributed by atoms with Gasteiger partial charge in [0.05, 0.1) is 23.3 Å². The molecule has 0 saturated heterocycles. The number of fused-ring (bicyclic) bond motifs is 1. The summed E-state index contributed by atoms with van der Waals surface area (Å²) in [5.41, 5.74) is 3.75. The maximum absolute atomic E-state index is 12.9. The van der Waals surface area contributed by atoms with Gasteiger partial charge < -0.3 is 14.3 Å². The van der Waals surface area contributed by atoms with E-state index in [1.165, 1.54) is 0 Å². The third-order valence-corrected chi connectivity index (χ3v) is 9.85. The van der Waals surface area contributed by atoms with Gasteiger partial charge in [0, 0.05) is 32.0 Å². The van der Waals surface area contributed by atoms with E-state index in [0.29, 0.717) is 48.0 Å². The van der Waals surface area contributed by atoms with Crippen molar-refractivity contribution in [1.82, 2.24) is 15.0 Å². The van der Waals surface area contributed by atoms with Gasteiger partial charge in [-0.1, -0.05) is 29.8 Å². The number of benzene rings is 1. The van der Waals surface area contributed by atoms with E-state index in [1.807, 2.05) is 37.3 Å². The summed E-state index contributed by atoms with van der Waals surface area (Å²) in [6.45, 7) is 6.03. The fourth-order valence-electron chi connectivity index (χ4n) is 4.52. The Labute approximate surface area is 224 Å². The molecule has 0 radical (unpaired) electrons. The number of hydrogen-bond acceptors (Lipinski definition) is 7. The molecule has 1 fully saturated rings. The number of furan rings is 1. The minimum absolute atomic E-state index is 0.213. The molecule has 206 valence electrons. The Balaban J connectivity index is 1.58. The van der Waals surface area contributed by atoms with Crippen molar-refractivity contribution < 1.29 is 26.7 Å². The molecule has 0 spiro atoms. The zero-order valence-electron chi connectivity index (χ0n) is 22.4. The van der Waals surface area contributed by atoms with Crippen molar-refractivity contribution in [3.05, 3.63) is 52.7 Å². The lowest BCUT2D eigenvalue weighted by Crippen LogP contribution is -2.27. The standard InChI is InChI=1S/C27H36N3O6PS/c1-5-35-37(4,32)15-7-6-14-29-38(33,34)17-23-21(19-12-13-19)16-22-24(26(31)28-3)25(36-27(22)30-23)20-10-8-18(2)9-11-20/h8-11,16,19,29H,5-7,12-15,17H2,1-4H3,(H,28,31). The van der Waals surface area contributed by atoms with Gasteiger partial charge in [-0.05, 0) is 57.1 Å². The number of rotatable bonds is 13. The van der Waals surface area contributed by atoms with Crippen molar-refractivity contribution in [3.8, 4) is 11.3 Å². The number of carbonyl (C=O) groups is 1. The lowest BCUT2D eigenvalue weighted by molar-refractivity contribution is 0.0964. The minimum Gasteiger partial charge on any atom is -0.437 e. The van der Waals surface area contributed by atoms with E-state index >= 15 is 0 Å². The molecule has 9 nitrogen and oxygen atoms in total. The van der Waals surface area contributed by atoms with Crippen molar-refractivity contribution in [2.75, 3.05) is 33.0 Å². The molecule has 1 atom stereocenters. The van der Waals surface area contributed by atoms with Gasteiger partial charge in [0.15, 0.2) is 7.37 Å². The molecule has 11 heteroatoms. The van der Waals surface area contributed by atoms with Gasteiger partial charge in [-0.25, -0.2) is 18.1 Å². The number of unbranched alkanes of at least 4 members (excludes halogenated alkanes) is 1. The van der Waals surface area contributed by atoms with Gasteiger partial charge in [-0.15, -0.1) is 0 Å². The molecule has 38 heavy (non-hydrogen) atoms. The Kier molecular flexibility index (Phi) is 8.77. The average Bonchev–Trinajstić information content (AvgIpc) is 3.63. The van der Waals surface area contributed by atoms with Crippen molar-refractivity contribution in [3.63, 3.8) is 0 Å². The van der Waals surface area contributed by atoms with E-state index in [1.54, 1.807) is 20.6 Å². The number of nitrogens with zero attached hydrogens (tertiary/aromatic N) is 1. The number of amides is 1. The smallest absolute Gasteiger partial charge is 0.255 e. The van der Waals surface area contributed by atoms with Gasteiger partial charge in [-0.2, -0.15) is 0 Å². The Hall–Kier alpha value is -2.52. The summed E-state index contributed by atoms with van der Waals surface area (Å²) in [6, 6.07) is 9.55. The first kappa shape index (κ1) is 28.5. The molecule has 1 aliphatic carbocycles. The van der Waals surface area contributed by atoms with Crippen LogP contribution in [0.3, 0.4) is 0 Å². The SMILES string of the molecule is CCOP(C)(=O)CCCCNS(=O)(=O)Cc1nc2oc(-c3ccc(C)cc3)c(C(=O)NC)c2cc1C1CC1. The molecule has 1 aromatic carbocycles. The first-order valence-electron chi connectivity index (χ1n) is 13.0. The third kappa shape index (κ3) is 6.91. The van der Waals surface area contributed by atoms with Gasteiger partial charge in [0.25, 0.3) is 5.91 Å². The maximum atomic E-state index is 12.9. The molecule has 0 bridgehead atoms. The van der Waals surface area contributed by atoms with Crippen LogP contribution in [-0.2, 0) is 24.9 Å². The molecular weight excluding hydrogens is 525 g/mol. The van der Waals surface area contributed by atoms with E-state index in [4.69, 9.17) is 8.94 Å². The average molecular weight is 562 g/mol. The molecule has 3 aromatic rings. The maximum Gasteiger partial charge on any atom is 0.255 e. The fraction of sp³-hybridized carbons (Fsp3) is 0.481. The first-order chi connectivity index (χ1) is 18.0. The lowest BCUT2D eigenvalue weighted by Gasteiger charge is -2.13. The highest BCUT2D eigenvalue weighted by Gasteiger charge is 2.32. The number of pyridine rings is 1. The second-order valence-corrected chi connectivity index (χ2v) is 14.5. The third-order valence-electron chi connectivity index (χ3n) is 6.62. The fourth-order valence-corrected chi connectivity index (χ4v) is 7.14. The van der Waals surface area contributed by atoms with E-state index in [9.17, 15) is 17.8 Å². The zero-order valence-corrected chi connectivity index (χ0v) is 24.1. The van der Waals surface area contributed by atoms with E-state index < -0.39 is 17.4 Å². The molecule has 2 N–H and O–H groups in total. The lowest BCUT2D eigenvalue weighted by atomic mass is 10.0. The molecular formula is C27H36N3O6PS. The summed E-state index contributed by atoms with van der Waals surface area (Å²) in [6.07, 6.45) is 3.47. The van der Waals surface area contributed by atoms with Crippen molar-refractivity contribution >= 4 is 34.4 Å². The highest BCUT2D eigenvalue weighted by atomic mass is 32.2. The van der Waals surface area contributed by atoms with Crippen LogP contribution in [0.4, 0.5) is 0 Å². The zero-order chi connectivity index (χ0) is 27.5. The first-order valence-corrected chi connectivity index (χ1v) is 16.9. The molecule has 1 saturated carbocycles. The predicted octanol–water partition coefficient (Wildman–Crippen LogP) is 5.18. The number of carbonyl (C=O) groups excluding carboxylic acids is 1. The molecule has 1 amide bonds. The normalized spacial score (nSPS) is 15.5. The van der Waals surface area contributed by atoms with Crippen molar-refractivity contribution in [2.24, 2.45) is 0 Å². The highest BCUT2D eigenvalue weighted by molar-refractivity contribution is 7.88. The van der Waals surface area contributed by atoms with E-state index in [-0.39, 0.29) is 29.8 Å². The topological polar surface area (TPSA) is 128 Å². The summed E-state index contributed by atoms with van der Waals surface area (Å²) >= 11 is 0. The second-order valence-electron chi connectivity index (χ2n) is 9.92. The van der Waals surface area contributed by atoms with E-state index in [0.717, 1.165) is 29.5 Å². The number of sulfonamides is 1. The number of aromatic nitrogens is 1. The molecule has 2 heterocycles. The Bertz CT molecular complexity index is 1460. The van der Waals surface area contributed by atoms with Crippen LogP contribution in [0.2, 0.25) is 0 Å². The quantitative estimate of drug-likeness (QED) is 0.217. The van der Waals surface area contributed by atoms with E-state index in [2.05, 4.69) is 15.0 Å². The second kappa shape index (κ2) is 11.7. The summed E-state index contributed by atoms with van der Waals surface area (Å²) < 4.78 is 52.1. The minimum atomic E-state index is -3.67. The van der Waals surface area contributed by atoms with Crippen LogP contribution < -0.4 is 10.0 Å². The highest BCUT2D eigenvalue weighted by Crippen LogP contribution is 2.44. The van der Waals surface area contributed by atoms with Crippen LogP contribution in [0.5, 0.6) is 0 Å². The molecule has 4 rings (SSSR count). The van der Waals surface area contributed by atoms with Crippen LogP contribution in [0, 0.1) is 6.92 Å². The Morgan fingerprint density at radius 1 is 1.21 bits per heavy atom. The molecule has 0 aliphatic heterocycles. The summed E-state index contributed by atoms with van der Waals surface area (Å²) in [4.78, 5) is 17.5. The molecule has 1 aliphatic rings. The number of aryl methyl sites for hydroxylation is 1. The molecule has 1 unspecified atom stereocenters. The Morgan fingerprint density at radius 2 is 1.92 bits per heavy atom. The number of nitrogens with one attached hydrogen (secondary N) is 2. The van der Waals surface area contributed by atoms with Crippen LogP contribution >= 0.6 is 7.37 Å². The summed E-state index contributed by atoms with van der Waals surface area (Å²) in [5, 5.41) is 3.27. The summed E-state index contributed by atoms with van der Waals surface area (Å²) in [7, 11) is -4.73. The largest absolute Gasteiger partial charge is 0.437 e. The van der Waals surface area contributed by atoms with Crippen LogP contribution in [-0.4, -0.2) is 52.3 Å². The van der Waals surface area contributed by atoms with Crippen LogP contribution in [0.15, 0.2) is 34.7 Å². The van der Waals surface area contributed by atoms with Crippen LogP contribution in [0.25, 0.3) is 22.4 Å². The van der Waals surface area contributed by atoms with Crippen molar-refractivity contribution in [2.45, 2.75) is 51.2 Å². The monoisotopic (exact) mass is 561 g/mol. The Morgan fingerprint density at radius 3 is 2.55 bits per heavy atom. The predicted molar refractivity (Wildman–Crippen MR) is 149 cm³/mol. The van der Waals surface area contributed by atoms with Gasteiger partial charge in [0.1, 0.15) is 11.5 Å². The van der Waals surface area contributed by atoms with Gasteiger partial charge in [-0.3, -0.25) is 9.36 Å². The van der Waals surface area contributed by atoms with Crippen LogP contribution in [0.1, 0.15) is 65.7 Å². The van der Waals surface area contributed by atoms with Gasteiger partial charge >= 0.3 is 0 Å². The van der Waals surface area contributed by atoms with Gasteiger partial charge in [0.2, 0.25) is 15.7 Å².